The van der Waals surface area contributed by atoms with Crippen LogP contribution in [-0.2, 0) is 4.79 Å². The van der Waals surface area contributed by atoms with Gasteiger partial charge in [-0.3, -0.25) is 9.69 Å². The molecule has 0 aromatic rings. The second-order valence-corrected chi connectivity index (χ2v) is 7.41. The Bertz CT molecular complexity index is 319. The Kier molecular flexibility index (Phi) is 5.48. The van der Waals surface area contributed by atoms with Gasteiger partial charge in [-0.2, -0.15) is 0 Å². The van der Waals surface area contributed by atoms with E-state index in [9.17, 15) is 4.79 Å². The van der Waals surface area contributed by atoms with Crippen molar-refractivity contribution in [1.29, 1.82) is 0 Å². The lowest BCUT2D eigenvalue weighted by atomic mass is 9.86. The molecule has 3 atom stereocenters. The summed E-state index contributed by atoms with van der Waals surface area (Å²) in [6.45, 7) is 10.6. The molecule has 3 nitrogen and oxygen atoms in total. The van der Waals surface area contributed by atoms with Crippen LogP contribution in [0.15, 0.2) is 0 Å². The maximum absolute atomic E-state index is 12.1. The number of nitrogens with one attached hydrogen (secondary N) is 1. The van der Waals surface area contributed by atoms with Crippen molar-refractivity contribution in [1.82, 2.24) is 10.2 Å². The minimum atomic E-state index is 0.273. The van der Waals surface area contributed by atoms with Crippen molar-refractivity contribution in [2.24, 2.45) is 17.8 Å². The van der Waals surface area contributed by atoms with Crippen LogP contribution < -0.4 is 5.32 Å². The summed E-state index contributed by atoms with van der Waals surface area (Å²) in [4.78, 5) is 14.5. The van der Waals surface area contributed by atoms with Crippen LogP contribution in [0.1, 0.15) is 59.8 Å². The predicted octanol–water partition coefficient (Wildman–Crippen LogP) is 3.05. The smallest absolute Gasteiger partial charge is 0.220 e. The molecular weight excluding hydrogens is 248 g/mol. The average Bonchev–Trinajstić information content (AvgIpc) is 2.95. The number of amides is 1. The summed E-state index contributed by atoms with van der Waals surface area (Å²) >= 11 is 0. The summed E-state index contributed by atoms with van der Waals surface area (Å²) in [6, 6.07) is 1.08. The molecule has 0 aliphatic heterocycles. The Balaban J connectivity index is 1.65. The van der Waals surface area contributed by atoms with Crippen LogP contribution in [0.3, 0.4) is 0 Å². The van der Waals surface area contributed by atoms with Crippen LogP contribution >= 0.6 is 0 Å². The van der Waals surface area contributed by atoms with Gasteiger partial charge in [0.05, 0.1) is 0 Å². The monoisotopic (exact) mass is 280 g/mol. The van der Waals surface area contributed by atoms with Crippen molar-refractivity contribution < 1.29 is 4.79 Å². The minimum Gasteiger partial charge on any atom is -0.355 e. The van der Waals surface area contributed by atoms with Gasteiger partial charge in [-0.15, -0.1) is 0 Å². The molecule has 0 saturated heterocycles. The summed E-state index contributed by atoms with van der Waals surface area (Å²) in [5, 5.41) is 3.13. The van der Waals surface area contributed by atoms with Gasteiger partial charge in [0.2, 0.25) is 5.91 Å². The number of hydrogen-bond acceptors (Lipinski definition) is 2. The molecule has 1 N–H and O–H groups in total. The zero-order valence-electron chi connectivity index (χ0n) is 13.7. The zero-order valence-corrected chi connectivity index (χ0v) is 13.7. The van der Waals surface area contributed by atoms with E-state index in [2.05, 4.69) is 37.9 Å². The molecule has 2 saturated carbocycles. The predicted molar refractivity (Wildman–Crippen MR) is 83.5 cm³/mol. The molecule has 20 heavy (non-hydrogen) atoms. The molecule has 3 heteroatoms. The van der Waals surface area contributed by atoms with Crippen molar-refractivity contribution in [2.75, 3.05) is 13.1 Å². The van der Waals surface area contributed by atoms with E-state index in [1.165, 1.54) is 25.7 Å². The van der Waals surface area contributed by atoms with Gasteiger partial charge < -0.3 is 5.32 Å². The molecule has 0 aromatic heterocycles. The van der Waals surface area contributed by atoms with Gasteiger partial charge in [-0.1, -0.05) is 6.42 Å². The highest BCUT2D eigenvalue weighted by Crippen LogP contribution is 2.49. The van der Waals surface area contributed by atoms with Gasteiger partial charge in [0, 0.05) is 31.6 Å². The quantitative estimate of drug-likeness (QED) is 0.777. The first kappa shape index (κ1) is 15.8. The average molecular weight is 280 g/mol. The number of carbonyl (C=O) groups excluding carboxylic acids is 1. The van der Waals surface area contributed by atoms with Crippen molar-refractivity contribution in [3.63, 3.8) is 0 Å². The summed E-state index contributed by atoms with van der Waals surface area (Å²) in [6.07, 6.45) is 6.26. The third-order valence-electron chi connectivity index (χ3n) is 5.35. The van der Waals surface area contributed by atoms with Crippen LogP contribution in [0.2, 0.25) is 0 Å². The highest BCUT2D eigenvalue weighted by molar-refractivity contribution is 5.76. The minimum absolute atomic E-state index is 0.273. The topological polar surface area (TPSA) is 32.3 Å². The lowest BCUT2D eigenvalue weighted by molar-refractivity contribution is -0.122. The molecule has 0 radical (unpaired) electrons. The van der Waals surface area contributed by atoms with Gasteiger partial charge in [-0.05, 0) is 64.7 Å². The van der Waals surface area contributed by atoms with Crippen LogP contribution in [-0.4, -0.2) is 36.0 Å². The third kappa shape index (κ3) is 3.97. The lowest BCUT2D eigenvalue weighted by Gasteiger charge is -2.30. The van der Waals surface area contributed by atoms with Gasteiger partial charge in [-0.25, -0.2) is 0 Å². The molecule has 0 heterocycles. The molecule has 2 rings (SSSR count). The van der Waals surface area contributed by atoms with Gasteiger partial charge >= 0.3 is 0 Å². The SMILES string of the molecule is CC(C)N(CCNC(=O)C[C@H]1C[C@H]2CC[C@H]1C2)C(C)C. The Labute approximate surface area is 124 Å². The van der Waals surface area contributed by atoms with Crippen molar-refractivity contribution in [3.05, 3.63) is 0 Å². The van der Waals surface area contributed by atoms with E-state index in [0.29, 0.717) is 18.0 Å². The molecule has 2 aliphatic rings. The Hall–Kier alpha value is -0.570. The standard InChI is InChI=1S/C17H32N2O/c1-12(2)19(13(3)4)8-7-18-17(20)11-16-10-14-5-6-15(16)9-14/h12-16H,5-11H2,1-4H3,(H,18,20)/t14-,15-,16+/m0/s1. The largest absolute Gasteiger partial charge is 0.355 e. The maximum Gasteiger partial charge on any atom is 0.220 e. The molecule has 0 unspecified atom stereocenters. The molecule has 2 bridgehead atoms. The van der Waals surface area contributed by atoms with E-state index < -0.39 is 0 Å². The first-order valence-electron chi connectivity index (χ1n) is 8.49. The van der Waals surface area contributed by atoms with Crippen LogP contribution in [0.25, 0.3) is 0 Å². The van der Waals surface area contributed by atoms with Crippen molar-refractivity contribution in [3.8, 4) is 0 Å². The Morgan fingerprint density at radius 2 is 1.85 bits per heavy atom. The number of rotatable bonds is 7. The second kappa shape index (κ2) is 6.93. The summed E-state index contributed by atoms with van der Waals surface area (Å²) in [5.41, 5.74) is 0. The van der Waals surface area contributed by atoms with E-state index in [-0.39, 0.29) is 5.91 Å². The fourth-order valence-corrected chi connectivity index (χ4v) is 4.37. The van der Waals surface area contributed by atoms with Crippen LogP contribution in [0, 0.1) is 17.8 Å². The molecule has 2 fully saturated rings. The Morgan fingerprint density at radius 3 is 2.35 bits per heavy atom. The van der Waals surface area contributed by atoms with E-state index >= 15 is 0 Å². The fourth-order valence-electron chi connectivity index (χ4n) is 4.37. The molecule has 0 aromatic carbocycles. The molecule has 0 spiro atoms. The molecular formula is C17H32N2O. The van der Waals surface area contributed by atoms with Crippen LogP contribution in [0.4, 0.5) is 0 Å². The summed E-state index contributed by atoms with van der Waals surface area (Å²) in [7, 11) is 0. The van der Waals surface area contributed by atoms with Crippen molar-refractivity contribution >= 4 is 5.91 Å². The van der Waals surface area contributed by atoms with E-state index in [1.54, 1.807) is 0 Å². The fraction of sp³-hybridized carbons (Fsp3) is 0.941. The highest BCUT2D eigenvalue weighted by atomic mass is 16.1. The first-order chi connectivity index (χ1) is 9.47. The van der Waals surface area contributed by atoms with Crippen molar-refractivity contribution in [2.45, 2.75) is 71.9 Å². The second-order valence-electron chi connectivity index (χ2n) is 7.41. The number of fused-ring (bicyclic) bond motifs is 2. The van der Waals surface area contributed by atoms with E-state index in [0.717, 1.165) is 31.3 Å². The lowest BCUT2D eigenvalue weighted by Crippen LogP contribution is -2.42. The highest BCUT2D eigenvalue weighted by Gasteiger charge is 2.39. The van der Waals surface area contributed by atoms with Gasteiger partial charge in [0.25, 0.3) is 0 Å². The maximum atomic E-state index is 12.1. The first-order valence-corrected chi connectivity index (χ1v) is 8.49. The molecule has 2 aliphatic carbocycles. The van der Waals surface area contributed by atoms with E-state index in [4.69, 9.17) is 0 Å². The number of carbonyl (C=O) groups is 1. The summed E-state index contributed by atoms with van der Waals surface area (Å²) in [5.74, 6) is 2.75. The van der Waals surface area contributed by atoms with Gasteiger partial charge in [0.1, 0.15) is 0 Å². The van der Waals surface area contributed by atoms with E-state index in [1.807, 2.05) is 0 Å². The molecule has 1 amide bonds. The normalized spacial score (nSPS) is 28.9. The van der Waals surface area contributed by atoms with Gasteiger partial charge in [0.15, 0.2) is 0 Å². The summed E-state index contributed by atoms with van der Waals surface area (Å²) < 4.78 is 0. The number of hydrogen-bond donors (Lipinski definition) is 1. The number of nitrogens with zero attached hydrogens (tertiary/aromatic N) is 1. The third-order valence-corrected chi connectivity index (χ3v) is 5.35. The molecule has 116 valence electrons. The van der Waals surface area contributed by atoms with Crippen LogP contribution in [0.5, 0.6) is 0 Å². The zero-order chi connectivity index (χ0) is 14.7. The Morgan fingerprint density at radius 1 is 1.15 bits per heavy atom.